The lowest BCUT2D eigenvalue weighted by Crippen LogP contribution is -2.52. The number of ether oxygens (including phenoxy) is 1. The number of aliphatic imine (C=N–C) groups is 1. The molecule has 3 atom stereocenters. The number of benzene rings is 1. The van der Waals surface area contributed by atoms with Crippen molar-refractivity contribution < 1.29 is 22.7 Å². The summed E-state index contributed by atoms with van der Waals surface area (Å²) in [5.74, 6) is -0.186. The number of anilines is 2. The minimum Gasteiger partial charge on any atom is -0.378 e. The topological polar surface area (TPSA) is 107 Å². The molecule has 184 valence electrons. The molecular formula is C23H29F3N6O2. The Balaban J connectivity index is 1.49. The number of nitrogens with one attached hydrogen (secondary N) is 2. The highest BCUT2D eigenvalue weighted by Crippen LogP contribution is 2.36. The molecule has 0 bridgehead atoms. The molecule has 1 aliphatic heterocycles. The van der Waals surface area contributed by atoms with Crippen LogP contribution in [0.25, 0.3) is 0 Å². The second-order valence-electron chi connectivity index (χ2n) is 8.99. The van der Waals surface area contributed by atoms with Crippen LogP contribution in [0.4, 0.5) is 24.7 Å². The summed E-state index contributed by atoms with van der Waals surface area (Å²) < 4.78 is 44.8. The van der Waals surface area contributed by atoms with Crippen molar-refractivity contribution in [3.05, 3.63) is 41.6 Å². The number of hydrogen-bond acceptors (Lipinski definition) is 6. The molecule has 8 nitrogen and oxygen atoms in total. The molecule has 1 aromatic heterocycles. The summed E-state index contributed by atoms with van der Waals surface area (Å²) in [7, 11) is 0. The largest absolute Gasteiger partial charge is 0.393 e. The zero-order chi connectivity index (χ0) is 24.3. The molecule has 2 fully saturated rings. The molecule has 2 aliphatic rings. The van der Waals surface area contributed by atoms with Crippen LogP contribution in [0.5, 0.6) is 0 Å². The quantitative estimate of drug-likeness (QED) is 0.480. The van der Waals surface area contributed by atoms with Gasteiger partial charge in [-0.05, 0) is 43.7 Å². The van der Waals surface area contributed by atoms with E-state index in [1.807, 2.05) is 0 Å². The van der Waals surface area contributed by atoms with E-state index >= 15 is 0 Å². The second-order valence-corrected chi connectivity index (χ2v) is 8.99. The lowest BCUT2D eigenvalue weighted by atomic mass is 9.81. The number of primary amides is 1. The van der Waals surface area contributed by atoms with Gasteiger partial charge in [-0.25, -0.2) is 0 Å². The highest BCUT2D eigenvalue weighted by atomic mass is 19.4. The van der Waals surface area contributed by atoms with E-state index in [0.717, 1.165) is 32.5 Å². The zero-order valence-corrected chi connectivity index (χ0v) is 18.7. The minimum absolute atomic E-state index is 0.0176. The fourth-order valence-electron chi connectivity index (χ4n) is 4.68. The lowest BCUT2D eigenvalue weighted by molar-refractivity contribution is -0.127. The summed E-state index contributed by atoms with van der Waals surface area (Å²) in [6.07, 6.45) is -0.949. The van der Waals surface area contributed by atoms with Gasteiger partial charge in [-0.3, -0.25) is 9.48 Å². The monoisotopic (exact) mass is 478 g/mol. The molecule has 4 N–H and O–H groups in total. The third-order valence-electron chi connectivity index (χ3n) is 6.37. The van der Waals surface area contributed by atoms with Crippen LogP contribution < -0.4 is 16.4 Å². The predicted molar refractivity (Wildman–Crippen MR) is 123 cm³/mol. The molecule has 1 saturated carbocycles. The van der Waals surface area contributed by atoms with Crippen LogP contribution >= 0.6 is 0 Å². The molecule has 1 saturated heterocycles. The highest BCUT2D eigenvalue weighted by molar-refractivity contribution is 5.98. The van der Waals surface area contributed by atoms with Crippen LogP contribution in [0.2, 0.25) is 0 Å². The number of nitrogens with zero attached hydrogens (tertiary/aromatic N) is 3. The number of carbonyl (C=O) groups excluding carboxylic acids is 1. The SMILES string of the molecule is C=NC[C@H]1C[C@H](NC2COC2)CC[C@@H]1n1cc(C(N)=O)c(Nc2ccc(CC(F)(F)F)cc2)n1. The number of carbonyl (C=O) groups is 1. The Morgan fingerprint density at radius 1 is 1.24 bits per heavy atom. The van der Waals surface area contributed by atoms with Gasteiger partial charge in [0.05, 0.1) is 31.7 Å². The van der Waals surface area contributed by atoms with Gasteiger partial charge in [-0.1, -0.05) is 12.1 Å². The minimum atomic E-state index is -4.27. The fourth-order valence-corrected chi connectivity index (χ4v) is 4.68. The maximum absolute atomic E-state index is 12.6. The maximum Gasteiger partial charge on any atom is 0.393 e. The Morgan fingerprint density at radius 3 is 2.56 bits per heavy atom. The first-order chi connectivity index (χ1) is 16.2. The van der Waals surface area contributed by atoms with Gasteiger partial charge in [-0.15, -0.1) is 0 Å². The van der Waals surface area contributed by atoms with Crippen LogP contribution in [0.15, 0.2) is 35.5 Å². The number of halogens is 3. The van der Waals surface area contributed by atoms with E-state index in [9.17, 15) is 18.0 Å². The van der Waals surface area contributed by atoms with Gasteiger partial charge in [0.1, 0.15) is 5.56 Å². The van der Waals surface area contributed by atoms with Crippen LogP contribution in [0, 0.1) is 5.92 Å². The van der Waals surface area contributed by atoms with Crippen molar-refractivity contribution in [2.75, 3.05) is 25.1 Å². The number of alkyl halides is 3. The van der Waals surface area contributed by atoms with E-state index in [1.54, 1.807) is 10.9 Å². The van der Waals surface area contributed by atoms with Crippen molar-refractivity contribution in [1.82, 2.24) is 15.1 Å². The normalized spacial score (nSPS) is 23.3. The van der Waals surface area contributed by atoms with Crippen LogP contribution in [0.1, 0.15) is 41.2 Å². The predicted octanol–water partition coefficient (Wildman–Crippen LogP) is 3.23. The van der Waals surface area contributed by atoms with Crippen LogP contribution in [-0.4, -0.2) is 60.4 Å². The molecule has 34 heavy (non-hydrogen) atoms. The number of rotatable bonds is 9. The summed E-state index contributed by atoms with van der Waals surface area (Å²) in [6.45, 7) is 5.69. The van der Waals surface area contributed by atoms with Gasteiger partial charge < -0.3 is 26.1 Å². The van der Waals surface area contributed by atoms with Crippen molar-refractivity contribution in [1.29, 1.82) is 0 Å². The van der Waals surface area contributed by atoms with E-state index in [2.05, 4.69) is 27.4 Å². The van der Waals surface area contributed by atoms with E-state index in [-0.39, 0.29) is 28.9 Å². The molecule has 0 radical (unpaired) electrons. The van der Waals surface area contributed by atoms with Crippen molar-refractivity contribution >= 4 is 24.1 Å². The van der Waals surface area contributed by atoms with Crippen molar-refractivity contribution in [3.63, 3.8) is 0 Å². The van der Waals surface area contributed by atoms with E-state index in [1.165, 1.54) is 24.3 Å². The van der Waals surface area contributed by atoms with Crippen molar-refractivity contribution in [2.24, 2.45) is 16.6 Å². The lowest BCUT2D eigenvalue weighted by Gasteiger charge is -2.39. The number of hydrogen-bond donors (Lipinski definition) is 3. The van der Waals surface area contributed by atoms with Crippen LogP contribution in [-0.2, 0) is 11.2 Å². The Kier molecular flexibility index (Phi) is 7.22. The summed E-state index contributed by atoms with van der Waals surface area (Å²) in [6, 6.07) is 6.60. The van der Waals surface area contributed by atoms with Crippen molar-refractivity contribution in [2.45, 2.75) is 50.0 Å². The van der Waals surface area contributed by atoms with Gasteiger partial charge in [0, 0.05) is 30.4 Å². The smallest absolute Gasteiger partial charge is 0.378 e. The Labute approximate surface area is 195 Å². The summed E-state index contributed by atoms with van der Waals surface area (Å²) in [5, 5.41) is 11.3. The van der Waals surface area contributed by atoms with Gasteiger partial charge in [0.2, 0.25) is 0 Å². The van der Waals surface area contributed by atoms with Crippen molar-refractivity contribution in [3.8, 4) is 0 Å². The van der Waals surface area contributed by atoms with Gasteiger partial charge in [0.25, 0.3) is 5.91 Å². The standard InChI is InChI=1S/C23H29F3N6O2/c1-28-10-15-8-17(29-18-12-34-13-18)6-7-20(15)32-11-19(21(27)33)22(31-32)30-16-4-2-14(3-5-16)9-23(24,25)26/h2-5,11,15,17-18,20,29H,1,6-10,12-13H2,(H2,27,33)(H,30,31)/t15-,17-,20+/m1/s1. The molecule has 1 amide bonds. The first kappa shape index (κ1) is 24.2. The first-order valence-electron chi connectivity index (χ1n) is 11.3. The van der Waals surface area contributed by atoms with Gasteiger partial charge in [0.15, 0.2) is 5.82 Å². The Hall–Kier alpha value is -2.92. The molecule has 0 spiro atoms. The number of amides is 1. The number of nitrogens with two attached hydrogens (primary N) is 1. The zero-order valence-electron chi connectivity index (χ0n) is 18.7. The average Bonchev–Trinajstić information content (AvgIpc) is 3.15. The Bertz CT molecular complexity index is 1000. The fraction of sp³-hybridized carbons (Fsp3) is 0.522. The first-order valence-corrected chi connectivity index (χ1v) is 11.3. The third-order valence-corrected chi connectivity index (χ3v) is 6.37. The molecule has 1 aliphatic carbocycles. The van der Waals surface area contributed by atoms with Crippen LogP contribution in [0.3, 0.4) is 0 Å². The average molecular weight is 479 g/mol. The molecule has 0 unspecified atom stereocenters. The molecule has 2 heterocycles. The Morgan fingerprint density at radius 2 is 1.97 bits per heavy atom. The molecule has 4 rings (SSSR count). The second kappa shape index (κ2) is 10.1. The summed E-state index contributed by atoms with van der Waals surface area (Å²) in [4.78, 5) is 16.2. The molecular weight excluding hydrogens is 449 g/mol. The molecule has 11 heteroatoms. The molecule has 1 aromatic carbocycles. The van der Waals surface area contributed by atoms with Gasteiger partial charge >= 0.3 is 6.18 Å². The van der Waals surface area contributed by atoms with E-state index in [0.29, 0.717) is 24.3 Å². The summed E-state index contributed by atoms with van der Waals surface area (Å²) in [5.41, 5.74) is 6.47. The van der Waals surface area contributed by atoms with E-state index < -0.39 is 18.5 Å². The highest BCUT2D eigenvalue weighted by Gasteiger charge is 2.34. The third kappa shape index (κ3) is 5.95. The van der Waals surface area contributed by atoms with Gasteiger partial charge in [-0.2, -0.15) is 18.3 Å². The van der Waals surface area contributed by atoms with E-state index in [4.69, 9.17) is 10.5 Å². The maximum atomic E-state index is 12.6. The number of aromatic nitrogens is 2. The summed E-state index contributed by atoms with van der Waals surface area (Å²) >= 11 is 0. The molecule has 2 aromatic rings.